The van der Waals surface area contributed by atoms with Gasteiger partial charge in [0.05, 0.1) is 12.2 Å². The molecule has 7 heteroatoms. The number of nitrogens with one attached hydrogen (secondary N) is 2. The minimum absolute atomic E-state index is 0.00909. The molecule has 0 aliphatic carbocycles. The first-order chi connectivity index (χ1) is 12.4. The Morgan fingerprint density at radius 2 is 1.77 bits per heavy atom. The van der Waals surface area contributed by atoms with Gasteiger partial charge in [0.15, 0.2) is 0 Å². The molecule has 4 nitrogen and oxygen atoms in total. The molecule has 0 fully saturated rings. The van der Waals surface area contributed by atoms with E-state index in [4.69, 9.17) is 4.74 Å². The average Bonchev–Trinajstić information content (AvgIpc) is 2.61. The standard InChI is InChI=1S/C19H21F3N2O2/c1-2-3-12-26-16-10-8-15(9-11-16)24-18(25)23-13-14-6-4-5-7-17(14)19(20,21)22/h4-11H,2-3,12-13H2,1H3,(H2,23,24,25). The van der Waals surface area contributed by atoms with Crippen molar-refractivity contribution in [3.63, 3.8) is 0 Å². The minimum atomic E-state index is -4.46. The van der Waals surface area contributed by atoms with Crippen LogP contribution >= 0.6 is 0 Å². The summed E-state index contributed by atoms with van der Waals surface area (Å²) in [6.07, 6.45) is -2.46. The van der Waals surface area contributed by atoms with Crippen LogP contribution in [-0.2, 0) is 12.7 Å². The summed E-state index contributed by atoms with van der Waals surface area (Å²) in [5, 5.41) is 5.01. The summed E-state index contributed by atoms with van der Waals surface area (Å²) in [4.78, 5) is 11.9. The Bertz CT molecular complexity index is 715. The molecule has 0 radical (unpaired) electrons. The predicted molar refractivity (Wildman–Crippen MR) is 94.1 cm³/mol. The Labute approximate surface area is 150 Å². The molecule has 0 saturated heterocycles. The summed E-state index contributed by atoms with van der Waals surface area (Å²) < 4.78 is 44.3. The highest BCUT2D eigenvalue weighted by atomic mass is 19.4. The number of benzene rings is 2. The third-order valence-corrected chi connectivity index (χ3v) is 3.64. The van der Waals surface area contributed by atoms with Crippen molar-refractivity contribution in [1.82, 2.24) is 5.32 Å². The second kappa shape index (κ2) is 9.12. The molecule has 2 aromatic rings. The fraction of sp³-hybridized carbons (Fsp3) is 0.316. The van der Waals surface area contributed by atoms with Crippen LogP contribution in [0.25, 0.3) is 0 Å². The molecular weight excluding hydrogens is 345 g/mol. The van der Waals surface area contributed by atoms with Gasteiger partial charge in [-0.1, -0.05) is 31.5 Å². The van der Waals surface area contributed by atoms with Crippen molar-refractivity contribution in [1.29, 1.82) is 0 Å². The van der Waals surface area contributed by atoms with E-state index in [9.17, 15) is 18.0 Å². The number of carbonyl (C=O) groups excluding carboxylic acids is 1. The molecular formula is C19H21F3N2O2. The van der Waals surface area contributed by atoms with Gasteiger partial charge in [0, 0.05) is 12.2 Å². The number of anilines is 1. The highest BCUT2D eigenvalue weighted by Gasteiger charge is 2.32. The molecule has 2 rings (SSSR count). The first-order valence-electron chi connectivity index (χ1n) is 8.33. The molecule has 2 aromatic carbocycles. The fourth-order valence-electron chi connectivity index (χ4n) is 2.27. The van der Waals surface area contributed by atoms with Gasteiger partial charge in [-0.2, -0.15) is 13.2 Å². The van der Waals surface area contributed by atoms with Crippen LogP contribution in [0.4, 0.5) is 23.7 Å². The van der Waals surface area contributed by atoms with Crippen molar-refractivity contribution in [2.24, 2.45) is 0 Å². The van der Waals surface area contributed by atoms with Crippen molar-refractivity contribution < 1.29 is 22.7 Å². The summed E-state index contributed by atoms with van der Waals surface area (Å²) in [6, 6.07) is 11.4. The molecule has 0 atom stereocenters. The average molecular weight is 366 g/mol. The third kappa shape index (κ3) is 5.98. The zero-order valence-electron chi connectivity index (χ0n) is 14.4. The molecule has 0 aliphatic heterocycles. The number of hydrogen-bond acceptors (Lipinski definition) is 2. The smallest absolute Gasteiger partial charge is 0.416 e. The summed E-state index contributed by atoms with van der Waals surface area (Å²) in [5.41, 5.74) is -0.224. The van der Waals surface area contributed by atoms with Gasteiger partial charge < -0.3 is 15.4 Å². The van der Waals surface area contributed by atoms with Crippen LogP contribution in [0.3, 0.4) is 0 Å². The van der Waals surface area contributed by atoms with Gasteiger partial charge in [-0.15, -0.1) is 0 Å². The quantitative estimate of drug-likeness (QED) is 0.661. The van der Waals surface area contributed by atoms with Gasteiger partial charge in [-0.25, -0.2) is 4.79 Å². The summed E-state index contributed by atoms with van der Waals surface area (Å²) in [6.45, 7) is 2.48. The van der Waals surface area contributed by atoms with Crippen LogP contribution in [0, 0.1) is 0 Å². The van der Waals surface area contributed by atoms with Gasteiger partial charge >= 0.3 is 12.2 Å². The van der Waals surface area contributed by atoms with Gasteiger partial charge in [-0.05, 0) is 42.3 Å². The van der Waals surface area contributed by atoms with E-state index in [1.807, 2.05) is 0 Å². The number of hydrogen-bond donors (Lipinski definition) is 2. The molecule has 0 unspecified atom stereocenters. The van der Waals surface area contributed by atoms with Crippen LogP contribution in [0.1, 0.15) is 30.9 Å². The lowest BCUT2D eigenvalue weighted by Crippen LogP contribution is -2.29. The van der Waals surface area contributed by atoms with E-state index >= 15 is 0 Å². The number of amides is 2. The van der Waals surface area contributed by atoms with E-state index < -0.39 is 17.8 Å². The maximum atomic E-state index is 12.9. The van der Waals surface area contributed by atoms with Gasteiger partial charge in [0.2, 0.25) is 0 Å². The first-order valence-corrected chi connectivity index (χ1v) is 8.33. The van der Waals surface area contributed by atoms with Crippen molar-refractivity contribution in [2.45, 2.75) is 32.5 Å². The number of urea groups is 1. The molecule has 26 heavy (non-hydrogen) atoms. The molecule has 0 aromatic heterocycles. The van der Waals surface area contributed by atoms with Crippen LogP contribution in [0.15, 0.2) is 48.5 Å². The number of carbonyl (C=O) groups is 1. The Balaban J connectivity index is 1.88. The zero-order valence-corrected chi connectivity index (χ0v) is 14.4. The molecule has 0 aliphatic rings. The van der Waals surface area contributed by atoms with E-state index in [1.165, 1.54) is 18.2 Å². The Kier molecular flexibility index (Phi) is 6.89. The van der Waals surface area contributed by atoms with E-state index in [-0.39, 0.29) is 12.1 Å². The van der Waals surface area contributed by atoms with Gasteiger partial charge in [0.1, 0.15) is 5.75 Å². The molecule has 0 spiro atoms. The SMILES string of the molecule is CCCCOc1ccc(NC(=O)NCc2ccccc2C(F)(F)F)cc1. The van der Waals surface area contributed by atoms with Crippen LogP contribution < -0.4 is 15.4 Å². The van der Waals surface area contributed by atoms with Gasteiger partial charge in [0.25, 0.3) is 0 Å². The topological polar surface area (TPSA) is 50.4 Å². The van der Waals surface area contributed by atoms with Crippen molar-refractivity contribution in [2.75, 3.05) is 11.9 Å². The molecule has 2 amide bonds. The second-order valence-corrected chi connectivity index (χ2v) is 5.69. The number of alkyl halides is 3. The first kappa shape index (κ1) is 19.6. The number of ether oxygens (including phenoxy) is 1. The number of halogens is 3. The van der Waals surface area contributed by atoms with E-state index in [0.717, 1.165) is 18.9 Å². The Morgan fingerprint density at radius 3 is 2.42 bits per heavy atom. The number of rotatable bonds is 7. The molecule has 2 N–H and O–H groups in total. The highest BCUT2D eigenvalue weighted by molar-refractivity contribution is 5.89. The zero-order chi connectivity index (χ0) is 19.0. The van der Waals surface area contributed by atoms with Crippen LogP contribution in [0.5, 0.6) is 5.75 Å². The predicted octanol–water partition coefficient (Wildman–Crippen LogP) is 5.21. The van der Waals surface area contributed by atoms with E-state index in [2.05, 4.69) is 17.6 Å². The van der Waals surface area contributed by atoms with Crippen LogP contribution in [0.2, 0.25) is 0 Å². The summed E-state index contributed by atoms with van der Waals surface area (Å²) >= 11 is 0. The largest absolute Gasteiger partial charge is 0.494 e. The fourth-order valence-corrected chi connectivity index (χ4v) is 2.27. The van der Waals surface area contributed by atoms with E-state index in [0.29, 0.717) is 18.0 Å². The molecule has 0 saturated carbocycles. The van der Waals surface area contributed by atoms with Crippen molar-refractivity contribution in [3.8, 4) is 5.75 Å². The summed E-state index contributed by atoms with van der Waals surface area (Å²) in [7, 11) is 0. The number of unbranched alkanes of at least 4 members (excludes halogenated alkanes) is 1. The molecule has 140 valence electrons. The highest BCUT2D eigenvalue weighted by Crippen LogP contribution is 2.31. The summed E-state index contributed by atoms with van der Waals surface area (Å²) in [5.74, 6) is 0.698. The maximum Gasteiger partial charge on any atom is 0.416 e. The lowest BCUT2D eigenvalue weighted by atomic mass is 10.1. The normalized spacial score (nSPS) is 11.1. The van der Waals surface area contributed by atoms with E-state index in [1.54, 1.807) is 24.3 Å². The van der Waals surface area contributed by atoms with Crippen molar-refractivity contribution in [3.05, 3.63) is 59.7 Å². The lowest BCUT2D eigenvalue weighted by molar-refractivity contribution is -0.138. The lowest BCUT2D eigenvalue weighted by Gasteiger charge is -2.13. The maximum absolute atomic E-state index is 12.9. The monoisotopic (exact) mass is 366 g/mol. The second-order valence-electron chi connectivity index (χ2n) is 5.69. The Morgan fingerprint density at radius 1 is 1.08 bits per heavy atom. The third-order valence-electron chi connectivity index (χ3n) is 3.64. The molecule has 0 bridgehead atoms. The Hall–Kier alpha value is -2.70. The molecule has 0 heterocycles. The van der Waals surface area contributed by atoms with Crippen molar-refractivity contribution >= 4 is 11.7 Å². The van der Waals surface area contributed by atoms with Crippen LogP contribution in [-0.4, -0.2) is 12.6 Å². The van der Waals surface area contributed by atoms with Gasteiger partial charge in [-0.3, -0.25) is 0 Å². The minimum Gasteiger partial charge on any atom is -0.494 e.